The third kappa shape index (κ3) is 6.39. The van der Waals surface area contributed by atoms with Crippen molar-refractivity contribution in [1.82, 2.24) is 10.8 Å². The van der Waals surface area contributed by atoms with Crippen molar-refractivity contribution in [2.45, 2.75) is 33.7 Å². The zero-order valence-corrected chi connectivity index (χ0v) is 20.5. The van der Waals surface area contributed by atoms with Crippen molar-refractivity contribution < 1.29 is 23.6 Å². The average molecular weight is 482 g/mol. The third-order valence-corrected chi connectivity index (χ3v) is 5.81. The standard InChI is InChI=1S/C26H31N3O6/c1-5-29(6-2)20-11-12-21-17(3)22(25(31)34-23(21)15-20)13-14-33-26(32)28-16-18-7-9-19(10-8-18)24(30)35-27-4/h7-12,15,27H,5-6,13-14,16H2,1-4H3,(H,28,32). The van der Waals surface area contributed by atoms with Crippen molar-refractivity contribution >= 4 is 28.7 Å². The first-order chi connectivity index (χ1) is 16.9. The summed E-state index contributed by atoms with van der Waals surface area (Å²) in [6.45, 7) is 8.02. The Morgan fingerprint density at radius 1 is 1.06 bits per heavy atom. The number of aryl methyl sites for hydroxylation is 1. The van der Waals surface area contributed by atoms with Crippen LogP contribution in [0.2, 0.25) is 0 Å². The molecule has 0 unspecified atom stereocenters. The maximum atomic E-state index is 12.6. The molecule has 0 fully saturated rings. The molecule has 0 atom stereocenters. The Morgan fingerprint density at radius 2 is 1.77 bits per heavy atom. The fourth-order valence-electron chi connectivity index (χ4n) is 3.84. The smallest absolute Gasteiger partial charge is 0.407 e. The van der Waals surface area contributed by atoms with E-state index in [1.54, 1.807) is 24.3 Å². The predicted octanol–water partition coefficient (Wildman–Crippen LogP) is 3.71. The van der Waals surface area contributed by atoms with Gasteiger partial charge in [0.05, 0.1) is 12.2 Å². The summed E-state index contributed by atoms with van der Waals surface area (Å²) in [5, 5.41) is 3.51. The number of fused-ring (bicyclic) bond motifs is 1. The van der Waals surface area contributed by atoms with Crippen LogP contribution in [0.25, 0.3) is 11.0 Å². The highest BCUT2D eigenvalue weighted by atomic mass is 16.7. The Morgan fingerprint density at radius 3 is 2.43 bits per heavy atom. The highest BCUT2D eigenvalue weighted by Gasteiger charge is 2.14. The summed E-state index contributed by atoms with van der Waals surface area (Å²) in [5.41, 5.74) is 5.95. The predicted molar refractivity (Wildman–Crippen MR) is 134 cm³/mol. The first kappa shape index (κ1) is 25.8. The molecule has 0 aliphatic heterocycles. The van der Waals surface area contributed by atoms with E-state index in [-0.39, 0.29) is 19.6 Å². The molecule has 0 bridgehead atoms. The van der Waals surface area contributed by atoms with Gasteiger partial charge in [0, 0.05) is 55.8 Å². The quantitative estimate of drug-likeness (QED) is 0.333. The van der Waals surface area contributed by atoms with Crippen LogP contribution in [0.5, 0.6) is 0 Å². The van der Waals surface area contributed by atoms with Crippen LogP contribution in [-0.2, 0) is 22.5 Å². The number of carbonyl (C=O) groups excluding carboxylic acids is 2. The summed E-state index contributed by atoms with van der Waals surface area (Å²) in [6, 6.07) is 12.5. The minimum Gasteiger partial charge on any atom is -0.449 e. The van der Waals surface area contributed by atoms with Crippen LogP contribution in [-0.4, -0.2) is 38.8 Å². The SMILES string of the molecule is CCN(CC)c1ccc2c(C)c(CCOC(=O)NCc3ccc(C(=O)ONC)cc3)c(=O)oc2c1. The molecule has 1 heterocycles. The van der Waals surface area contributed by atoms with E-state index in [0.29, 0.717) is 16.7 Å². The number of hydroxylamine groups is 1. The van der Waals surface area contributed by atoms with Crippen molar-refractivity contribution in [3.05, 3.63) is 75.1 Å². The van der Waals surface area contributed by atoms with Gasteiger partial charge in [-0.15, -0.1) is 0 Å². The van der Waals surface area contributed by atoms with E-state index in [4.69, 9.17) is 14.0 Å². The molecule has 1 aromatic heterocycles. The van der Waals surface area contributed by atoms with Gasteiger partial charge in [0.1, 0.15) is 5.58 Å². The van der Waals surface area contributed by atoms with E-state index in [2.05, 4.69) is 29.5 Å². The third-order valence-electron chi connectivity index (χ3n) is 5.81. The number of benzene rings is 2. The second-order valence-corrected chi connectivity index (χ2v) is 7.88. The second kappa shape index (κ2) is 12.0. The molecule has 3 rings (SSSR count). The Hall–Kier alpha value is -3.85. The summed E-state index contributed by atoms with van der Waals surface area (Å²) in [5.74, 6) is -0.496. The van der Waals surface area contributed by atoms with Gasteiger partial charge in [-0.05, 0) is 56.2 Å². The van der Waals surface area contributed by atoms with Gasteiger partial charge in [-0.3, -0.25) is 0 Å². The lowest BCUT2D eigenvalue weighted by Crippen LogP contribution is -2.25. The first-order valence-electron chi connectivity index (χ1n) is 11.6. The Kier molecular flexibility index (Phi) is 8.86. The van der Waals surface area contributed by atoms with Crippen molar-refractivity contribution in [3.63, 3.8) is 0 Å². The number of carbonyl (C=O) groups is 2. The number of nitrogens with one attached hydrogen (secondary N) is 2. The molecule has 35 heavy (non-hydrogen) atoms. The highest BCUT2D eigenvalue weighted by Crippen LogP contribution is 2.25. The van der Waals surface area contributed by atoms with Crippen molar-refractivity contribution in [1.29, 1.82) is 0 Å². The highest BCUT2D eigenvalue weighted by molar-refractivity contribution is 5.89. The van der Waals surface area contributed by atoms with Gasteiger partial charge in [-0.1, -0.05) is 12.1 Å². The molecule has 0 aliphatic rings. The fourth-order valence-corrected chi connectivity index (χ4v) is 3.84. The summed E-state index contributed by atoms with van der Waals surface area (Å²) in [6.07, 6.45) is -0.354. The molecule has 2 aromatic carbocycles. The Balaban J connectivity index is 1.56. The number of anilines is 1. The Labute approximate surface area is 204 Å². The van der Waals surface area contributed by atoms with Gasteiger partial charge < -0.3 is 24.2 Å². The molecule has 0 saturated carbocycles. The van der Waals surface area contributed by atoms with E-state index in [0.717, 1.165) is 35.3 Å². The summed E-state index contributed by atoms with van der Waals surface area (Å²) < 4.78 is 10.8. The van der Waals surface area contributed by atoms with Crippen LogP contribution in [0.15, 0.2) is 51.7 Å². The number of rotatable bonds is 10. The molecule has 0 radical (unpaired) electrons. The Bertz CT molecular complexity index is 1230. The number of hydrogen-bond donors (Lipinski definition) is 2. The second-order valence-electron chi connectivity index (χ2n) is 7.88. The summed E-state index contributed by atoms with van der Waals surface area (Å²) in [7, 11) is 1.50. The molecule has 2 N–H and O–H groups in total. The fraction of sp³-hybridized carbons (Fsp3) is 0.346. The number of hydrogen-bond acceptors (Lipinski definition) is 8. The molecule has 9 nitrogen and oxygen atoms in total. The number of nitrogens with zero attached hydrogens (tertiary/aromatic N) is 1. The van der Waals surface area contributed by atoms with E-state index < -0.39 is 17.7 Å². The van der Waals surface area contributed by atoms with E-state index >= 15 is 0 Å². The zero-order chi connectivity index (χ0) is 25.4. The van der Waals surface area contributed by atoms with Crippen LogP contribution < -0.4 is 21.3 Å². The lowest BCUT2D eigenvalue weighted by molar-refractivity contribution is 0.0310. The number of alkyl carbamates (subject to hydrolysis) is 1. The van der Waals surface area contributed by atoms with Gasteiger partial charge >= 0.3 is 17.7 Å². The molecule has 0 aliphatic carbocycles. The van der Waals surface area contributed by atoms with Crippen LogP contribution in [0.3, 0.4) is 0 Å². The monoisotopic (exact) mass is 481 g/mol. The van der Waals surface area contributed by atoms with Crippen LogP contribution in [0, 0.1) is 6.92 Å². The molecule has 3 aromatic rings. The molecule has 186 valence electrons. The van der Waals surface area contributed by atoms with Gasteiger partial charge in [-0.25, -0.2) is 14.4 Å². The van der Waals surface area contributed by atoms with Crippen molar-refractivity contribution in [2.75, 3.05) is 31.6 Å². The van der Waals surface area contributed by atoms with Gasteiger partial charge in [0.2, 0.25) is 0 Å². The minimum atomic E-state index is -0.602. The lowest BCUT2D eigenvalue weighted by atomic mass is 10.0. The summed E-state index contributed by atoms with van der Waals surface area (Å²) in [4.78, 5) is 43.2. The number of ether oxygens (including phenoxy) is 1. The molecule has 0 saturated heterocycles. The van der Waals surface area contributed by atoms with E-state index in [1.165, 1.54) is 7.05 Å². The van der Waals surface area contributed by atoms with Crippen molar-refractivity contribution in [3.8, 4) is 0 Å². The van der Waals surface area contributed by atoms with Crippen LogP contribution in [0.1, 0.15) is 40.9 Å². The largest absolute Gasteiger partial charge is 0.449 e. The molecular weight excluding hydrogens is 450 g/mol. The minimum absolute atomic E-state index is 0.0370. The van der Waals surface area contributed by atoms with Crippen LogP contribution in [0.4, 0.5) is 10.5 Å². The zero-order valence-electron chi connectivity index (χ0n) is 20.5. The van der Waals surface area contributed by atoms with E-state index in [1.807, 2.05) is 25.1 Å². The maximum absolute atomic E-state index is 12.6. The molecule has 1 amide bonds. The van der Waals surface area contributed by atoms with Gasteiger partial charge in [0.25, 0.3) is 0 Å². The molecule has 0 spiro atoms. The van der Waals surface area contributed by atoms with Crippen LogP contribution >= 0.6 is 0 Å². The van der Waals surface area contributed by atoms with Gasteiger partial charge in [0.15, 0.2) is 0 Å². The number of amides is 1. The topological polar surface area (TPSA) is 110 Å². The molecular formula is C26H31N3O6. The van der Waals surface area contributed by atoms with E-state index in [9.17, 15) is 14.4 Å². The first-order valence-corrected chi connectivity index (χ1v) is 11.6. The maximum Gasteiger partial charge on any atom is 0.407 e. The lowest BCUT2D eigenvalue weighted by Gasteiger charge is -2.21. The van der Waals surface area contributed by atoms with Crippen molar-refractivity contribution in [2.24, 2.45) is 0 Å². The average Bonchev–Trinajstić information content (AvgIpc) is 2.86. The van der Waals surface area contributed by atoms with Gasteiger partial charge in [-0.2, -0.15) is 5.48 Å². The summed E-state index contributed by atoms with van der Waals surface area (Å²) >= 11 is 0. The molecule has 9 heteroatoms. The normalized spacial score (nSPS) is 10.7.